The Hall–Kier alpha value is -3.28. The van der Waals surface area contributed by atoms with Crippen LogP contribution in [0, 0.1) is 10.1 Å². The molecule has 0 aliphatic rings. The number of rotatable bonds is 4. The maximum atomic E-state index is 10.7. The summed E-state index contributed by atoms with van der Waals surface area (Å²) in [7, 11) is 0. The highest BCUT2D eigenvalue weighted by molar-refractivity contribution is 5.69. The van der Waals surface area contributed by atoms with Crippen LogP contribution in [0.3, 0.4) is 0 Å². The number of nitrogens with zero attached hydrogens (tertiary/aromatic N) is 3. The quantitative estimate of drug-likeness (QED) is 0.537. The first-order chi connectivity index (χ1) is 10.7. The number of nitro benzene ring substituents is 1. The van der Waals surface area contributed by atoms with E-state index >= 15 is 0 Å². The Bertz CT molecular complexity index is 838. The van der Waals surface area contributed by atoms with E-state index in [1.165, 1.54) is 12.1 Å². The molecule has 0 atom stereocenters. The van der Waals surface area contributed by atoms with E-state index in [2.05, 4.69) is 16.8 Å². The van der Waals surface area contributed by atoms with Gasteiger partial charge in [0.2, 0.25) is 11.8 Å². The molecule has 0 fully saturated rings. The van der Waals surface area contributed by atoms with Crippen molar-refractivity contribution in [3.8, 4) is 22.9 Å². The van der Waals surface area contributed by atoms with Crippen LogP contribution in [-0.2, 0) is 0 Å². The Morgan fingerprint density at radius 1 is 1.05 bits per heavy atom. The van der Waals surface area contributed by atoms with Gasteiger partial charge < -0.3 is 4.42 Å². The summed E-state index contributed by atoms with van der Waals surface area (Å²) in [6, 6.07) is 13.5. The lowest BCUT2D eigenvalue weighted by Crippen LogP contribution is -1.87. The van der Waals surface area contributed by atoms with Gasteiger partial charge in [0.15, 0.2) is 0 Å². The van der Waals surface area contributed by atoms with E-state index in [9.17, 15) is 10.1 Å². The molecule has 6 nitrogen and oxygen atoms in total. The smallest absolute Gasteiger partial charge is 0.269 e. The standard InChI is InChI=1S/C16H11N3O3/c1-2-11-5-3-4-6-14(11)16-18-17-15(22-16)12-7-9-13(10-8-12)19(20)21/h2-10H,1H2. The molecule has 1 aromatic heterocycles. The van der Waals surface area contributed by atoms with E-state index in [0.717, 1.165) is 11.1 Å². The van der Waals surface area contributed by atoms with Gasteiger partial charge in [0, 0.05) is 23.3 Å². The van der Waals surface area contributed by atoms with Crippen LogP contribution in [0.5, 0.6) is 0 Å². The normalized spacial score (nSPS) is 10.4. The van der Waals surface area contributed by atoms with Crippen molar-refractivity contribution in [3.05, 3.63) is 70.8 Å². The largest absolute Gasteiger partial charge is 0.416 e. The first-order valence-corrected chi connectivity index (χ1v) is 6.49. The second kappa shape index (κ2) is 5.61. The van der Waals surface area contributed by atoms with Gasteiger partial charge in [-0.3, -0.25) is 10.1 Å². The van der Waals surface area contributed by atoms with E-state index in [0.29, 0.717) is 17.3 Å². The fraction of sp³-hybridized carbons (Fsp3) is 0. The molecule has 0 bridgehead atoms. The van der Waals surface area contributed by atoms with Crippen molar-refractivity contribution >= 4 is 11.8 Å². The molecule has 0 saturated heterocycles. The molecule has 22 heavy (non-hydrogen) atoms. The van der Waals surface area contributed by atoms with Crippen molar-refractivity contribution in [2.45, 2.75) is 0 Å². The maximum absolute atomic E-state index is 10.7. The number of nitro groups is 1. The van der Waals surface area contributed by atoms with Crippen LogP contribution in [0.25, 0.3) is 29.0 Å². The zero-order chi connectivity index (χ0) is 15.5. The second-order valence-electron chi connectivity index (χ2n) is 4.51. The van der Waals surface area contributed by atoms with Gasteiger partial charge in [-0.05, 0) is 23.8 Å². The van der Waals surface area contributed by atoms with Crippen molar-refractivity contribution < 1.29 is 9.34 Å². The monoisotopic (exact) mass is 293 g/mol. The first-order valence-electron chi connectivity index (χ1n) is 6.49. The van der Waals surface area contributed by atoms with Gasteiger partial charge in [-0.25, -0.2) is 0 Å². The number of non-ortho nitro benzene ring substituents is 1. The molecule has 0 amide bonds. The third-order valence-corrected chi connectivity index (χ3v) is 3.16. The van der Waals surface area contributed by atoms with Gasteiger partial charge in [-0.2, -0.15) is 0 Å². The molecule has 0 saturated carbocycles. The van der Waals surface area contributed by atoms with Crippen molar-refractivity contribution in [1.29, 1.82) is 0 Å². The zero-order valence-electron chi connectivity index (χ0n) is 11.5. The Morgan fingerprint density at radius 2 is 1.73 bits per heavy atom. The molecule has 0 unspecified atom stereocenters. The summed E-state index contributed by atoms with van der Waals surface area (Å²) < 4.78 is 5.66. The van der Waals surface area contributed by atoms with Gasteiger partial charge >= 0.3 is 0 Å². The third kappa shape index (κ3) is 2.49. The van der Waals surface area contributed by atoms with Gasteiger partial charge in [0.25, 0.3) is 5.69 Å². The van der Waals surface area contributed by atoms with Crippen LogP contribution in [-0.4, -0.2) is 15.1 Å². The van der Waals surface area contributed by atoms with Crippen molar-refractivity contribution in [1.82, 2.24) is 10.2 Å². The van der Waals surface area contributed by atoms with Gasteiger partial charge in [0.05, 0.1) is 4.92 Å². The fourth-order valence-corrected chi connectivity index (χ4v) is 2.04. The summed E-state index contributed by atoms with van der Waals surface area (Å²) in [5.74, 6) is 0.688. The molecule has 0 aliphatic carbocycles. The third-order valence-electron chi connectivity index (χ3n) is 3.16. The molecule has 1 heterocycles. The minimum Gasteiger partial charge on any atom is -0.416 e. The topological polar surface area (TPSA) is 82.1 Å². The summed E-state index contributed by atoms with van der Waals surface area (Å²) in [4.78, 5) is 10.2. The highest BCUT2D eigenvalue weighted by Gasteiger charge is 2.13. The maximum Gasteiger partial charge on any atom is 0.269 e. The lowest BCUT2D eigenvalue weighted by Gasteiger charge is -1.99. The molecule has 0 aliphatic heterocycles. The van der Waals surface area contributed by atoms with Crippen molar-refractivity contribution in [2.75, 3.05) is 0 Å². The van der Waals surface area contributed by atoms with E-state index in [1.54, 1.807) is 18.2 Å². The average Bonchev–Trinajstić information content (AvgIpc) is 3.04. The van der Waals surface area contributed by atoms with Gasteiger partial charge in [0.1, 0.15) is 0 Å². The molecular weight excluding hydrogens is 282 g/mol. The number of aromatic nitrogens is 2. The van der Waals surface area contributed by atoms with E-state index in [4.69, 9.17) is 4.42 Å². The molecule has 3 aromatic rings. The molecule has 3 rings (SSSR count). The first kappa shape index (κ1) is 13.7. The highest BCUT2D eigenvalue weighted by atomic mass is 16.6. The number of hydrogen-bond acceptors (Lipinski definition) is 5. The van der Waals surface area contributed by atoms with Crippen molar-refractivity contribution in [2.24, 2.45) is 0 Å². The molecular formula is C16H11N3O3. The van der Waals surface area contributed by atoms with E-state index in [1.807, 2.05) is 24.3 Å². The summed E-state index contributed by atoms with van der Waals surface area (Å²) >= 11 is 0. The summed E-state index contributed by atoms with van der Waals surface area (Å²) in [6.07, 6.45) is 1.71. The lowest BCUT2D eigenvalue weighted by molar-refractivity contribution is -0.384. The van der Waals surface area contributed by atoms with Crippen LogP contribution in [0.4, 0.5) is 5.69 Å². The Morgan fingerprint density at radius 3 is 2.41 bits per heavy atom. The van der Waals surface area contributed by atoms with E-state index in [-0.39, 0.29) is 5.69 Å². The summed E-state index contributed by atoms with van der Waals surface area (Å²) in [5.41, 5.74) is 2.32. The minimum absolute atomic E-state index is 0.0143. The van der Waals surface area contributed by atoms with Crippen LogP contribution in [0.2, 0.25) is 0 Å². The molecule has 0 radical (unpaired) electrons. The lowest BCUT2D eigenvalue weighted by atomic mass is 10.1. The predicted octanol–water partition coefficient (Wildman–Crippen LogP) is 3.95. The highest BCUT2D eigenvalue weighted by Crippen LogP contribution is 2.27. The Kier molecular flexibility index (Phi) is 3.49. The molecule has 6 heteroatoms. The minimum atomic E-state index is -0.455. The van der Waals surface area contributed by atoms with Crippen molar-refractivity contribution in [3.63, 3.8) is 0 Å². The Balaban J connectivity index is 1.97. The molecule has 0 N–H and O–H groups in total. The van der Waals surface area contributed by atoms with E-state index < -0.39 is 4.92 Å². The van der Waals surface area contributed by atoms with Crippen LogP contribution >= 0.6 is 0 Å². The van der Waals surface area contributed by atoms with Crippen LogP contribution in [0.1, 0.15) is 5.56 Å². The zero-order valence-corrected chi connectivity index (χ0v) is 11.5. The Labute approximate surface area is 125 Å². The van der Waals surface area contributed by atoms with Gasteiger partial charge in [-0.15, -0.1) is 10.2 Å². The predicted molar refractivity (Wildman–Crippen MR) is 81.9 cm³/mol. The molecule has 0 spiro atoms. The summed E-state index contributed by atoms with van der Waals surface area (Å²) in [5, 5.41) is 18.7. The fourth-order valence-electron chi connectivity index (χ4n) is 2.04. The number of hydrogen-bond donors (Lipinski definition) is 0. The van der Waals surface area contributed by atoms with Gasteiger partial charge in [-0.1, -0.05) is 30.9 Å². The van der Waals surface area contributed by atoms with Crippen LogP contribution < -0.4 is 0 Å². The second-order valence-corrected chi connectivity index (χ2v) is 4.51. The van der Waals surface area contributed by atoms with Crippen LogP contribution in [0.15, 0.2) is 59.5 Å². The molecule has 108 valence electrons. The SMILES string of the molecule is C=Cc1ccccc1-c1nnc(-c2ccc([N+](=O)[O-])cc2)o1. The molecule has 2 aromatic carbocycles. The summed E-state index contributed by atoms with van der Waals surface area (Å²) in [6.45, 7) is 3.75. The average molecular weight is 293 g/mol. The number of benzene rings is 2.